The van der Waals surface area contributed by atoms with Crippen molar-refractivity contribution in [3.05, 3.63) is 53.6 Å². The molecule has 1 aliphatic rings. The van der Waals surface area contributed by atoms with E-state index in [0.717, 1.165) is 41.4 Å². The summed E-state index contributed by atoms with van der Waals surface area (Å²) in [5.74, 6) is 0.911. The molecule has 20 heavy (non-hydrogen) atoms. The molecule has 0 spiro atoms. The molecule has 1 heterocycles. The first-order valence-electron chi connectivity index (χ1n) is 7.05. The fourth-order valence-electron chi connectivity index (χ4n) is 2.55. The van der Waals surface area contributed by atoms with E-state index in [2.05, 4.69) is 17.4 Å². The van der Waals surface area contributed by atoms with E-state index in [1.165, 1.54) is 6.42 Å². The molecule has 0 amide bonds. The van der Waals surface area contributed by atoms with Gasteiger partial charge in [-0.1, -0.05) is 41.9 Å². The molecule has 1 saturated heterocycles. The Kier molecular flexibility index (Phi) is 4.24. The van der Waals surface area contributed by atoms with Crippen LogP contribution in [0.3, 0.4) is 0 Å². The lowest BCUT2D eigenvalue weighted by atomic mass is 10.0. The van der Waals surface area contributed by atoms with Crippen LogP contribution in [0.2, 0.25) is 5.02 Å². The van der Waals surface area contributed by atoms with Crippen molar-refractivity contribution < 1.29 is 4.74 Å². The van der Waals surface area contributed by atoms with Gasteiger partial charge in [0.2, 0.25) is 0 Å². The van der Waals surface area contributed by atoms with E-state index in [4.69, 9.17) is 16.3 Å². The molecule has 0 aromatic heterocycles. The molecule has 2 aromatic rings. The molecule has 1 N–H and O–H groups in total. The lowest BCUT2D eigenvalue weighted by molar-refractivity contribution is 0.168. The minimum absolute atomic E-state index is 0.243. The first-order chi connectivity index (χ1) is 9.83. The van der Waals surface area contributed by atoms with Crippen LogP contribution in [0, 0.1) is 0 Å². The van der Waals surface area contributed by atoms with E-state index in [9.17, 15) is 0 Å². The van der Waals surface area contributed by atoms with Gasteiger partial charge in [0.1, 0.15) is 11.9 Å². The molecule has 2 nitrogen and oxygen atoms in total. The van der Waals surface area contributed by atoms with E-state index in [-0.39, 0.29) is 6.10 Å². The van der Waals surface area contributed by atoms with Gasteiger partial charge in [-0.05, 0) is 43.1 Å². The van der Waals surface area contributed by atoms with Crippen molar-refractivity contribution in [2.24, 2.45) is 0 Å². The van der Waals surface area contributed by atoms with E-state index in [1.54, 1.807) is 0 Å². The van der Waals surface area contributed by atoms with Crippen LogP contribution in [0.5, 0.6) is 5.75 Å². The maximum Gasteiger partial charge on any atom is 0.127 e. The molecule has 0 saturated carbocycles. The number of benzene rings is 2. The number of piperidine rings is 1. The van der Waals surface area contributed by atoms with Crippen LogP contribution in [0.1, 0.15) is 12.8 Å². The summed E-state index contributed by atoms with van der Waals surface area (Å²) >= 11 is 6.14. The van der Waals surface area contributed by atoms with Gasteiger partial charge in [-0.2, -0.15) is 0 Å². The highest BCUT2D eigenvalue weighted by Crippen LogP contribution is 2.33. The predicted octanol–water partition coefficient (Wildman–Crippen LogP) is 4.14. The van der Waals surface area contributed by atoms with Gasteiger partial charge in [0.15, 0.2) is 0 Å². The summed E-state index contributed by atoms with van der Waals surface area (Å²) in [6.45, 7) is 2.00. The smallest absolute Gasteiger partial charge is 0.127 e. The summed E-state index contributed by atoms with van der Waals surface area (Å²) in [6.07, 6.45) is 2.51. The fourth-order valence-corrected chi connectivity index (χ4v) is 2.72. The van der Waals surface area contributed by atoms with Crippen LogP contribution in [-0.2, 0) is 0 Å². The van der Waals surface area contributed by atoms with Crippen LogP contribution in [-0.4, -0.2) is 19.2 Å². The number of halogens is 1. The third-order valence-corrected chi connectivity index (χ3v) is 3.81. The zero-order chi connectivity index (χ0) is 13.8. The SMILES string of the molecule is Clc1ccc(O[C@H]2CCCNC2)c(-c2ccccc2)c1. The Morgan fingerprint density at radius 2 is 1.95 bits per heavy atom. The van der Waals surface area contributed by atoms with Crippen molar-refractivity contribution >= 4 is 11.6 Å². The Labute approximate surface area is 124 Å². The molecular formula is C17H18ClNO. The standard InChI is InChI=1S/C17H18ClNO/c18-14-8-9-17(20-15-7-4-10-19-12-15)16(11-14)13-5-2-1-3-6-13/h1-3,5-6,8-9,11,15,19H,4,7,10,12H2/t15-/m0/s1. The number of ether oxygens (including phenoxy) is 1. The van der Waals surface area contributed by atoms with Crippen LogP contribution < -0.4 is 10.1 Å². The molecule has 1 atom stereocenters. The molecule has 0 radical (unpaired) electrons. The average Bonchev–Trinajstić information content (AvgIpc) is 2.51. The normalized spacial score (nSPS) is 18.8. The van der Waals surface area contributed by atoms with Gasteiger partial charge < -0.3 is 10.1 Å². The summed E-state index contributed by atoms with van der Waals surface area (Å²) in [4.78, 5) is 0. The van der Waals surface area contributed by atoms with E-state index in [0.29, 0.717) is 0 Å². The second kappa shape index (κ2) is 6.29. The van der Waals surface area contributed by atoms with Gasteiger partial charge >= 0.3 is 0 Å². The minimum Gasteiger partial charge on any atom is -0.488 e. The van der Waals surface area contributed by atoms with Crippen molar-refractivity contribution in [2.75, 3.05) is 13.1 Å². The molecule has 1 fully saturated rings. The topological polar surface area (TPSA) is 21.3 Å². The van der Waals surface area contributed by atoms with Crippen molar-refractivity contribution in [3.8, 4) is 16.9 Å². The minimum atomic E-state index is 0.243. The maximum atomic E-state index is 6.17. The highest BCUT2D eigenvalue weighted by molar-refractivity contribution is 6.31. The Bertz CT molecular complexity index is 564. The van der Waals surface area contributed by atoms with Gasteiger partial charge in [0.05, 0.1) is 0 Å². The van der Waals surface area contributed by atoms with Crippen LogP contribution in [0.25, 0.3) is 11.1 Å². The third-order valence-electron chi connectivity index (χ3n) is 3.57. The first-order valence-corrected chi connectivity index (χ1v) is 7.43. The molecule has 3 rings (SSSR count). The molecule has 0 aliphatic carbocycles. The molecular weight excluding hydrogens is 270 g/mol. The van der Waals surface area contributed by atoms with Crippen molar-refractivity contribution in [1.82, 2.24) is 5.32 Å². The summed E-state index contributed by atoms with van der Waals surface area (Å²) in [7, 11) is 0. The lowest BCUT2D eigenvalue weighted by Crippen LogP contribution is -2.37. The van der Waals surface area contributed by atoms with Crippen molar-refractivity contribution in [2.45, 2.75) is 18.9 Å². The first kappa shape index (κ1) is 13.5. The monoisotopic (exact) mass is 287 g/mol. The van der Waals surface area contributed by atoms with Gasteiger partial charge in [0, 0.05) is 17.1 Å². The maximum absolute atomic E-state index is 6.17. The van der Waals surface area contributed by atoms with Crippen molar-refractivity contribution in [1.29, 1.82) is 0 Å². The van der Waals surface area contributed by atoms with Crippen LogP contribution in [0.15, 0.2) is 48.5 Å². The summed E-state index contributed by atoms with van der Waals surface area (Å²) in [6, 6.07) is 16.1. The number of nitrogens with one attached hydrogen (secondary N) is 1. The van der Waals surface area contributed by atoms with Gasteiger partial charge in [-0.3, -0.25) is 0 Å². The second-order valence-electron chi connectivity index (χ2n) is 5.09. The molecule has 0 bridgehead atoms. The Hall–Kier alpha value is -1.51. The van der Waals surface area contributed by atoms with E-state index >= 15 is 0 Å². The second-order valence-corrected chi connectivity index (χ2v) is 5.53. The molecule has 104 valence electrons. The van der Waals surface area contributed by atoms with Gasteiger partial charge in [0.25, 0.3) is 0 Å². The largest absolute Gasteiger partial charge is 0.488 e. The lowest BCUT2D eigenvalue weighted by Gasteiger charge is -2.25. The number of hydrogen-bond acceptors (Lipinski definition) is 2. The summed E-state index contributed by atoms with van der Waals surface area (Å²) in [5.41, 5.74) is 2.19. The van der Waals surface area contributed by atoms with Crippen molar-refractivity contribution in [3.63, 3.8) is 0 Å². The Morgan fingerprint density at radius 1 is 1.10 bits per heavy atom. The van der Waals surface area contributed by atoms with Crippen LogP contribution in [0.4, 0.5) is 0 Å². The Balaban J connectivity index is 1.90. The number of rotatable bonds is 3. The summed E-state index contributed by atoms with van der Waals surface area (Å²) < 4.78 is 6.17. The van der Waals surface area contributed by atoms with Gasteiger partial charge in [-0.15, -0.1) is 0 Å². The average molecular weight is 288 g/mol. The number of hydrogen-bond donors (Lipinski definition) is 1. The Morgan fingerprint density at radius 3 is 2.70 bits per heavy atom. The highest BCUT2D eigenvalue weighted by atomic mass is 35.5. The molecule has 1 aliphatic heterocycles. The predicted molar refractivity (Wildman–Crippen MR) is 83.4 cm³/mol. The molecule has 0 unspecified atom stereocenters. The zero-order valence-corrected chi connectivity index (χ0v) is 12.1. The molecule has 3 heteroatoms. The van der Waals surface area contributed by atoms with Gasteiger partial charge in [-0.25, -0.2) is 0 Å². The van der Waals surface area contributed by atoms with E-state index < -0.39 is 0 Å². The third kappa shape index (κ3) is 3.14. The molecule has 2 aromatic carbocycles. The fraction of sp³-hybridized carbons (Fsp3) is 0.294. The zero-order valence-electron chi connectivity index (χ0n) is 11.3. The highest BCUT2D eigenvalue weighted by Gasteiger charge is 2.16. The van der Waals surface area contributed by atoms with E-state index in [1.807, 2.05) is 36.4 Å². The summed E-state index contributed by atoms with van der Waals surface area (Å²) in [5, 5.41) is 4.11. The van der Waals surface area contributed by atoms with Crippen LogP contribution >= 0.6 is 11.6 Å². The quantitative estimate of drug-likeness (QED) is 0.916.